The van der Waals surface area contributed by atoms with Crippen LogP contribution in [0.3, 0.4) is 0 Å². The van der Waals surface area contributed by atoms with E-state index in [1.54, 1.807) is 12.4 Å². The Morgan fingerprint density at radius 1 is 1.31 bits per heavy atom. The lowest BCUT2D eigenvalue weighted by Gasteiger charge is -2.31. The molecule has 1 aromatic rings. The van der Waals surface area contributed by atoms with Crippen LogP contribution in [0, 0.1) is 11.8 Å². The third kappa shape index (κ3) is 2.57. The molecule has 0 aromatic carbocycles. The normalized spacial score (nSPS) is 27.6. The summed E-state index contributed by atoms with van der Waals surface area (Å²) in [5, 5.41) is 0. The molecule has 4 heteroatoms. The minimum absolute atomic E-state index is 0.154. The molecule has 1 aromatic heterocycles. The Hall–Kier alpha value is -1.00. The van der Waals surface area contributed by atoms with Crippen LogP contribution in [0.2, 0.25) is 0 Å². The molecule has 3 N–H and O–H groups in total. The van der Waals surface area contributed by atoms with Crippen molar-refractivity contribution in [1.82, 2.24) is 15.4 Å². The molecule has 1 heterocycles. The molecule has 1 aliphatic carbocycles. The van der Waals surface area contributed by atoms with Crippen molar-refractivity contribution in [3.63, 3.8) is 0 Å². The number of rotatable bonds is 3. The minimum atomic E-state index is 0.154. The summed E-state index contributed by atoms with van der Waals surface area (Å²) >= 11 is 0. The molecule has 0 saturated heterocycles. The molecule has 1 fully saturated rings. The minimum Gasteiger partial charge on any atom is -0.271 e. The highest BCUT2D eigenvalue weighted by molar-refractivity contribution is 5.04. The molecular formula is C12H20N4. The Balaban J connectivity index is 2.05. The summed E-state index contributed by atoms with van der Waals surface area (Å²) in [5.41, 5.74) is 3.86. The first kappa shape index (κ1) is 11.5. The van der Waals surface area contributed by atoms with Gasteiger partial charge in [-0.05, 0) is 24.7 Å². The number of nitrogens with two attached hydrogens (primary N) is 1. The highest BCUT2D eigenvalue weighted by Gasteiger charge is 2.27. The molecule has 0 amide bonds. The SMILES string of the molecule is CC1CCC(C(NN)c2cnccn2)CC1. The Labute approximate surface area is 96.6 Å². The maximum Gasteiger partial charge on any atom is 0.0772 e. The number of nitrogens with one attached hydrogen (secondary N) is 1. The van der Waals surface area contributed by atoms with Crippen LogP contribution in [0.4, 0.5) is 0 Å². The first-order valence-electron chi connectivity index (χ1n) is 6.03. The summed E-state index contributed by atoms with van der Waals surface area (Å²) < 4.78 is 0. The van der Waals surface area contributed by atoms with E-state index < -0.39 is 0 Å². The van der Waals surface area contributed by atoms with Crippen molar-refractivity contribution in [1.29, 1.82) is 0 Å². The maximum atomic E-state index is 5.65. The molecule has 16 heavy (non-hydrogen) atoms. The van der Waals surface area contributed by atoms with Crippen molar-refractivity contribution in [3.8, 4) is 0 Å². The zero-order valence-electron chi connectivity index (χ0n) is 9.76. The van der Waals surface area contributed by atoms with Gasteiger partial charge in [0.2, 0.25) is 0 Å². The second-order valence-electron chi connectivity index (χ2n) is 4.79. The van der Waals surface area contributed by atoms with Gasteiger partial charge in [-0.3, -0.25) is 21.2 Å². The van der Waals surface area contributed by atoms with Gasteiger partial charge in [0, 0.05) is 12.4 Å². The summed E-state index contributed by atoms with van der Waals surface area (Å²) in [6.07, 6.45) is 10.3. The summed E-state index contributed by atoms with van der Waals surface area (Å²) in [6, 6.07) is 0.154. The van der Waals surface area contributed by atoms with E-state index in [0.29, 0.717) is 5.92 Å². The summed E-state index contributed by atoms with van der Waals surface area (Å²) in [7, 11) is 0. The third-order valence-corrected chi connectivity index (χ3v) is 3.61. The number of hydrogen-bond acceptors (Lipinski definition) is 4. The van der Waals surface area contributed by atoms with Crippen LogP contribution in [0.25, 0.3) is 0 Å². The number of aromatic nitrogens is 2. The second kappa shape index (κ2) is 5.37. The molecule has 1 aliphatic rings. The van der Waals surface area contributed by atoms with Gasteiger partial charge in [-0.1, -0.05) is 19.8 Å². The Morgan fingerprint density at radius 3 is 2.62 bits per heavy atom. The Kier molecular flexibility index (Phi) is 3.85. The smallest absolute Gasteiger partial charge is 0.0772 e. The summed E-state index contributed by atoms with van der Waals surface area (Å²) in [4.78, 5) is 8.44. The molecule has 0 aliphatic heterocycles. The van der Waals surface area contributed by atoms with Crippen molar-refractivity contribution in [2.75, 3.05) is 0 Å². The average Bonchev–Trinajstić information content (AvgIpc) is 2.34. The standard InChI is InChI=1S/C12H20N4/c1-9-2-4-10(5-3-9)12(16-13)11-8-14-6-7-15-11/h6-10,12,16H,2-5,13H2,1H3. The molecule has 88 valence electrons. The zero-order valence-corrected chi connectivity index (χ0v) is 9.76. The Bertz CT molecular complexity index is 306. The third-order valence-electron chi connectivity index (χ3n) is 3.61. The number of hydrogen-bond donors (Lipinski definition) is 2. The molecule has 0 radical (unpaired) electrons. The van der Waals surface area contributed by atoms with Crippen LogP contribution in [0.15, 0.2) is 18.6 Å². The highest BCUT2D eigenvalue weighted by atomic mass is 15.2. The monoisotopic (exact) mass is 220 g/mol. The fourth-order valence-electron chi connectivity index (χ4n) is 2.55. The molecule has 0 spiro atoms. The molecule has 2 rings (SSSR count). The van der Waals surface area contributed by atoms with Crippen LogP contribution < -0.4 is 11.3 Å². The van der Waals surface area contributed by atoms with Crippen LogP contribution in [-0.4, -0.2) is 9.97 Å². The highest BCUT2D eigenvalue weighted by Crippen LogP contribution is 2.35. The van der Waals surface area contributed by atoms with Crippen molar-refractivity contribution in [2.24, 2.45) is 17.7 Å². The van der Waals surface area contributed by atoms with Gasteiger partial charge < -0.3 is 0 Å². The van der Waals surface area contributed by atoms with Gasteiger partial charge in [0.25, 0.3) is 0 Å². The first-order valence-corrected chi connectivity index (χ1v) is 6.03. The van der Waals surface area contributed by atoms with Crippen LogP contribution in [-0.2, 0) is 0 Å². The summed E-state index contributed by atoms with van der Waals surface area (Å²) in [6.45, 7) is 2.32. The van der Waals surface area contributed by atoms with Gasteiger partial charge in [-0.15, -0.1) is 0 Å². The fourth-order valence-corrected chi connectivity index (χ4v) is 2.55. The largest absolute Gasteiger partial charge is 0.271 e. The first-order chi connectivity index (χ1) is 7.81. The fraction of sp³-hybridized carbons (Fsp3) is 0.667. The van der Waals surface area contributed by atoms with Gasteiger partial charge in [0.1, 0.15) is 0 Å². The predicted octanol–water partition coefficient (Wildman–Crippen LogP) is 1.81. The number of hydrazine groups is 1. The molecule has 1 atom stereocenters. The van der Waals surface area contributed by atoms with E-state index in [4.69, 9.17) is 5.84 Å². The van der Waals surface area contributed by atoms with E-state index >= 15 is 0 Å². The molecule has 1 saturated carbocycles. The zero-order chi connectivity index (χ0) is 11.4. The molecule has 1 unspecified atom stereocenters. The average molecular weight is 220 g/mol. The lowest BCUT2D eigenvalue weighted by atomic mass is 9.78. The van der Waals surface area contributed by atoms with Gasteiger partial charge in [-0.2, -0.15) is 0 Å². The predicted molar refractivity (Wildman–Crippen MR) is 63.2 cm³/mol. The maximum absolute atomic E-state index is 5.65. The Morgan fingerprint density at radius 2 is 2.06 bits per heavy atom. The lowest BCUT2D eigenvalue weighted by Crippen LogP contribution is -2.35. The van der Waals surface area contributed by atoms with Crippen LogP contribution in [0.1, 0.15) is 44.3 Å². The molecule has 0 bridgehead atoms. The van der Waals surface area contributed by atoms with Crippen molar-refractivity contribution >= 4 is 0 Å². The van der Waals surface area contributed by atoms with Crippen molar-refractivity contribution in [3.05, 3.63) is 24.3 Å². The molecule has 4 nitrogen and oxygen atoms in total. The van der Waals surface area contributed by atoms with E-state index in [0.717, 1.165) is 11.6 Å². The molecular weight excluding hydrogens is 200 g/mol. The van der Waals surface area contributed by atoms with E-state index in [1.807, 2.05) is 6.20 Å². The topological polar surface area (TPSA) is 63.8 Å². The van der Waals surface area contributed by atoms with Crippen LogP contribution in [0.5, 0.6) is 0 Å². The quantitative estimate of drug-likeness (QED) is 0.602. The van der Waals surface area contributed by atoms with Crippen molar-refractivity contribution in [2.45, 2.75) is 38.6 Å². The van der Waals surface area contributed by atoms with E-state index in [1.165, 1.54) is 25.7 Å². The van der Waals surface area contributed by atoms with Gasteiger partial charge in [0.15, 0.2) is 0 Å². The van der Waals surface area contributed by atoms with Gasteiger partial charge >= 0.3 is 0 Å². The van der Waals surface area contributed by atoms with Gasteiger partial charge in [-0.25, -0.2) is 0 Å². The number of nitrogens with zero attached hydrogens (tertiary/aromatic N) is 2. The van der Waals surface area contributed by atoms with Gasteiger partial charge in [0.05, 0.1) is 17.9 Å². The lowest BCUT2D eigenvalue weighted by molar-refractivity contribution is 0.229. The van der Waals surface area contributed by atoms with E-state index in [2.05, 4.69) is 22.3 Å². The summed E-state index contributed by atoms with van der Waals surface area (Å²) in [5.74, 6) is 7.11. The van der Waals surface area contributed by atoms with E-state index in [9.17, 15) is 0 Å². The second-order valence-corrected chi connectivity index (χ2v) is 4.79. The van der Waals surface area contributed by atoms with Crippen molar-refractivity contribution < 1.29 is 0 Å². The van der Waals surface area contributed by atoms with Crippen LogP contribution >= 0.6 is 0 Å². The van der Waals surface area contributed by atoms with E-state index in [-0.39, 0.29) is 6.04 Å².